The molecule has 0 aliphatic heterocycles. The molecule has 3 aromatic rings. The van der Waals surface area contributed by atoms with E-state index in [2.05, 4.69) is 21.7 Å². The molecule has 0 amide bonds. The van der Waals surface area contributed by atoms with Crippen molar-refractivity contribution in [2.24, 2.45) is 0 Å². The van der Waals surface area contributed by atoms with Gasteiger partial charge in [-0.1, -0.05) is 23.4 Å². The number of aromatic nitrogens is 3. The van der Waals surface area contributed by atoms with Crippen LogP contribution in [0.3, 0.4) is 0 Å². The summed E-state index contributed by atoms with van der Waals surface area (Å²) >= 11 is 7.60. The van der Waals surface area contributed by atoms with Crippen LogP contribution in [0.5, 0.6) is 11.5 Å². The molecule has 0 fully saturated rings. The van der Waals surface area contributed by atoms with Gasteiger partial charge in [-0.2, -0.15) is 0 Å². The van der Waals surface area contributed by atoms with Gasteiger partial charge in [0.15, 0.2) is 11.0 Å². The maximum absolute atomic E-state index is 5.98. The van der Waals surface area contributed by atoms with Gasteiger partial charge in [0.25, 0.3) is 0 Å². The van der Waals surface area contributed by atoms with Crippen molar-refractivity contribution in [3.8, 4) is 22.9 Å². The van der Waals surface area contributed by atoms with Crippen molar-refractivity contribution in [2.45, 2.75) is 24.4 Å². The molecule has 0 aliphatic carbocycles. The van der Waals surface area contributed by atoms with E-state index in [0.717, 1.165) is 40.2 Å². The zero-order valence-electron chi connectivity index (χ0n) is 14.9. The number of nitrogens with zero attached hydrogens (tertiary/aromatic N) is 3. The van der Waals surface area contributed by atoms with Crippen molar-refractivity contribution in [3.05, 3.63) is 53.1 Å². The molecular weight excluding hydrogens is 370 g/mol. The van der Waals surface area contributed by atoms with Gasteiger partial charge < -0.3 is 14.0 Å². The third kappa shape index (κ3) is 3.97. The van der Waals surface area contributed by atoms with Crippen molar-refractivity contribution >= 4 is 23.4 Å². The number of benzene rings is 2. The maximum Gasteiger partial charge on any atom is 0.191 e. The molecule has 0 saturated carbocycles. The van der Waals surface area contributed by atoms with Crippen LogP contribution in [0.15, 0.2) is 47.6 Å². The molecule has 3 rings (SSSR count). The summed E-state index contributed by atoms with van der Waals surface area (Å²) in [5, 5.41) is 10.3. The first-order valence-electron chi connectivity index (χ1n) is 8.19. The lowest BCUT2D eigenvalue weighted by Gasteiger charge is -2.11. The highest BCUT2D eigenvalue weighted by Gasteiger charge is 2.14. The summed E-state index contributed by atoms with van der Waals surface area (Å²) in [7, 11) is 3.33. The second-order valence-electron chi connectivity index (χ2n) is 5.52. The molecule has 0 aliphatic rings. The molecule has 5 nitrogen and oxygen atoms in total. The highest BCUT2D eigenvalue weighted by molar-refractivity contribution is 7.98. The molecule has 0 atom stereocenters. The number of rotatable bonds is 7. The van der Waals surface area contributed by atoms with Crippen LogP contribution in [0.1, 0.15) is 12.5 Å². The first-order chi connectivity index (χ1) is 12.7. The lowest BCUT2D eigenvalue weighted by Crippen LogP contribution is -2.00. The average molecular weight is 390 g/mol. The third-order valence-electron chi connectivity index (χ3n) is 3.98. The monoisotopic (exact) mass is 389 g/mol. The molecule has 1 aromatic heterocycles. The molecule has 0 spiro atoms. The van der Waals surface area contributed by atoms with E-state index in [-0.39, 0.29) is 0 Å². The molecule has 26 heavy (non-hydrogen) atoms. The minimum atomic E-state index is 0.705. The standard InChI is InChI=1S/C19H20ClN3O2S/c1-4-23-18(13-5-7-15(20)8-6-13)21-22-19(23)26-12-14-11-16(24-2)9-10-17(14)25-3/h5-11H,4,12H2,1-3H3. The van der Waals surface area contributed by atoms with Gasteiger partial charge in [0, 0.05) is 28.4 Å². The van der Waals surface area contributed by atoms with E-state index in [4.69, 9.17) is 21.1 Å². The van der Waals surface area contributed by atoms with Crippen molar-refractivity contribution in [3.63, 3.8) is 0 Å². The number of hydrogen-bond acceptors (Lipinski definition) is 5. The van der Waals surface area contributed by atoms with Crippen LogP contribution >= 0.6 is 23.4 Å². The number of thioether (sulfide) groups is 1. The second-order valence-corrected chi connectivity index (χ2v) is 6.90. The van der Waals surface area contributed by atoms with E-state index < -0.39 is 0 Å². The van der Waals surface area contributed by atoms with E-state index in [1.807, 2.05) is 42.5 Å². The van der Waals surface area contributed by atoms with Crippen molar-refractivity contribution in [2.75, 3.05) is 14.2 Å². The Bertz CT molecular complexity index is 881. The van der Waals surface area contributed by atoms with Crippen LogP contribution in [0.25, 0.3) is 11.4 Å². The summed E-state index contributed by atoms with van der Waals surface area (Å²) in [6.07, 6.45) is 0. The van der Waals surface area contributed by atoms with Crippen LogP contribution in [-0.2, 0) is 12.3 Å². The van der Waals surface area contributed by atoms with Gasteiger partial charge in [-0.15, -0.1) is 10.2 Å². The Balaban J connectivity index is 1.84. The second kappa shape index (κ2) is 8.47. The number of hydrogen-bond donors (Lipinski definition) is 0. The molecular formula is C19H20ClN3O2S. The topological polar surface area (TPSA) is 49.2 Å². The number of methoxy groups -OCH3 is 2. The van der Waals surface area contributed by atoms with Crippen LogP contribution in [0.2, 0.25) is 5.02 Å². The average Bonchev–Trinajstić information content (AvgIpc) is 3.09. The highest BCUT2D eigenvalue weighted by Crippen LogP contribution is 2.32. The van der Waals surface area contributed by atoms with Gasteiger partial charge in [0.2, 0.25) is 0 Å². The zero-order valence-corrected chi connectivity index (χ0v) is 16.5. The first kappa shape index (κ1) is 18.6. The van der Waals surface area contributed by atoms with E-state index in [0.29, 0.717) is 10.8 Å². The Hall–Kier alpha value is -2.18. The maximum atomic E-state index is 5.98. The van der Waals surface area contributed by atoms with Crippen LogP contribution in [0, 0.1) is 0 Å². The molecule has 136 valence electrons. The van der Waals surface area contributed by atoms with Gasteiger partial charge in [0.1, 0.15) is 11.5 Å². The van der Waals surface area contributed by atoms with Crippen LogP contribution < -0.4 is 9.47 Å². The SMILES string of the molecule is CCn1c(SCc2cc(OC)ccc2OC)nnc1-c1ccc(Cl)cc1. The summed E-state index contributed by atoms with van der Waals surface area (Å²) in [6.45, 7) is 2.86. The van der Waals surface area contributed by atoms with Crippen molar-refractivity contribution in [1.29, 1.82) is 0 Å². The number of halogens is 1. The van der Waals surface area contributed by atoms with Gasteiger partial charge in [-0.25, -0.2) is 0 Å². The molecule has 0 saturated heterocycles. The summed E-state index contributed by atoms with van der Waals surface area (Å²) in [5.41, 5.74) is 2.05. The van der Waals surface area contributed by atoms with E-state index in [1.165, 1.54) is 0 Å². The van der Waals surface area contributed by atoms with Crippen LogP contribution in [-0.4, -0.2) is 29.0 Å². The van der Waals surface area contributed by atoms with Crippen molar-refractivity contribution < 1.29 is 9.47 Å². The Morgan fingerprint density at radius 1 is 1.04 bits per heavy atom. The highest BCUT2D eigenvalue weighted by atomic mass is 35.5. The van der Waals surface area contributed by atoms with E-state index in [1.54, 1.807) is 26.0 Å². The van der Waals surface area contributed by atoms with E-state index in [9.17, 15) is 0 Å². The Morgan fingerprint density at radius 3 is 2.46 bits per heavy atom. The molecule has 0 bridgehead atoms. The fraction of sp³-hybridized carbons (Fsp3) is 0.263. The summed E-state index contributed by atoms with van der Waals surface area (Å²) in [4.78, 5) is 0. The zero-order chi connectivity index (χ0) is 18.5. The molecule has 0 radical (unpaired) electrons. The summed E-state index contributed by atoms with van der Waals surface area (Å²) < 4.78 is 12.9. The quantitative estimate of drug-likeness (QED) is 0.536. The summed E-state index contributed by atoms with van der Waals surface area (Å²) in [5.74, 6) is 3.18. The lowest BCUT2D eigenvalue weighted by molar-refractivity contribution is 0.400. The normalized spacial score (nSPS) is 10.8. The molecule has 0 N–H and O–H groups in total. The first-order valence-corrected chi connectivity index (χ1v) is 9.55. The molecule has 2 aromatic carbocycles. The van der Waals surface area contributed by atoms with Gasteiger partial charge in [0.05, 0.1) is 14.2 Å². The Morgan fingerprint density at radius 2 is 1.81 bits per heavy atom. The smallest absolute Gasteiger partial charge is 0.191 e. The van der Waals surface area contributed by atoms with Gasteiger partial charge >= 0.3 is 0 Å². The molecule has 1 heterocycles. The van der Waals surface area contributed by atoms with Crippen molar-refractivity contribution in [1.82, 2.24) is 14.8 Å². The largest absolute Gasteiger partial charge is 0.497 e. The number of ether oxygens (including phenoxy) is 2. The minimum absolute atomic E-state index is 0.705. The Labute approximate surface area is 162 Å². The predicted molar refractivity (Wildman–Crippen MR) is 105 cm³/mol. The lowest BCUT2D eigenvalue weighted by atomic mass is 10.2. The predicted octanol–water partition coefficient (Wildman–Crippen LogP) is 4.93. The van der Waals surface area contributed by atoms with Gasteiger partial charge in [-0.05, 0) is 49.4 Å². The van der Waals surface area contributed by atoms with Crippen LogP contribution in [0.4, 0.5) is 0 Å². The van der Waals surface area contributed by atoms with Gasteiger partial charge in [-0.3, -0.25) is 0 Å². The fourth-order valence-electron chi connectivity index (χ4n) is 2.63. The third-order valence-corrected chi connectivity index (χ3v) is 5.25. The minimum Gasteiger partial charge on any atom is -0.497 e. The summed E-state index contributed by atoms with van der Waals surface area (Å²) in [6, 6.07) is 13.4. The fourth-order valence-corrected chi connectivity index (χ4v) is 3.74. The Kier molecular flexibility index (Phi) is 6.06. The molecule has 7 heteroatoms. The van der Waals surface area contributed by atoms with E-state index >= 15 is 0 Å². The molecule has 0 unspecified atom stereocenters.